The van der Waals surface area contributed by atoms with E-state index in [0.717, 1.165) is 21.1 Å². The molecule has 92 valence electrons. The Morgan fingerprint density at radius 3 is 2.95 bits per heavy atom. The topological polar surface area (TPSA) is 80.5 Å². The summed E-state index contributed by atoms with van der Waals surface area (Å²) in [4.78, 5) is 8.28. The zero-order valence-corrected chi connectivity index (χ0v) is 11.3. The van der Waals surface area contributed by atoms with Crippen molar-refractivity contribution in [2.75, 3.05) is 5.73 Å². The van der Waals surface area contributed by atoms with Gasteiger partial charge in [-0.3, -0.25) is 9.55 Å². The minimum absolute atomic E-state index is 0.291. The summed E-state index contributed by atoms with van der Waals surface area (Å²) in [6.45, 7) is 0. The van der Waals surface area contributed by atoms with Crippen molar-refractivity contribution in [3.05, 3.63) is 47.1 Å². The molecule has 3 rings (SSSR count). The van der Waals surface area contributed by atoms with Gasteiger partial charge in [0, 0.05) is 22.3 Å². The molecule has 0 bridgehead atoms. The molecule has 0 atom stereocenters. The molecule has 0 amide bonds. The van der Waals surface area contributed by atoms with Gasteiger partial charge in [-0.1, -0.05) is 15.9 Å². The number of aromatic nitrogens is 3. The van der Waals surface area contributed by atoms with E-state index in [4.69, 9.17) is 11.0 Å². The van der Waals surface area contributed by atoms with Gasteiger partial charge in [0.05, 0.1) is 23.1 Å². The van der Waals surface area contributed by atoms with E-state index in [1.54, 1.807) is 23.2 Å². The number of fused-ring (bicyclic) bond motifs is 1. The number of nitrogen functional groups attached to an aromatic ring is 1. The Morgan fingerprint density at radius 1 is 1.32 bits per heavy atom. The first-order valence-electron chi connectivity index (χ1n) is 5.48. The van der Waals surface area contributed by atoms with Crippen LogP contribution in [0, 0.1) is 11.3 Å². The van der Waals surface area contributed by atoms with Crippen molar-refractivity contribution >= 4 is 32.5 Å². The average molecular weight is 314 g/mol. The fourth-order valence-corrected chi connectivity index (χ4v) is 2.36. The van der Waals surface area contributed by atoms with Crippen molar-refractivity contribution in [3.8, 4) is 11.8 Å². The molecule has 0 radical (unpaired) electrons. The highest BCUT2D eigenvalue weighted by molar-refractivity contribution is 9.10. The van der Waals surface area contributed by atoms with Gasteiger partial charge in [0.25, 0.3) is 0 Å². The number of anilines is 1. The molecule has 0 aliphatic carbocycles. The molecular weight excluding hydrogens is 306 g/mol. The maximum Gasteiger partial charge on any atom is 0.217 e. The Hall–Kier alpha value is -2.39. The summed E-state index contributed by atoms with van der Waals surface area (Å²) < 4.78 is 2.60. The number of hydrogen-bond acceptors (Lipinski definition) is 4. The lowest BCUT2D eigenvalue weighted by Gasteiger charge is -2.11. The van der Waals surface area contributed by atoms with Crippen LogP contribution in [0.1, 0.15) is 5.82 Å². The Morgan fingerprint density at radius 2 is 2.16 bits per heavy atom. The third kappa shape index (κ3) is 1.84. The van der Waals surface area contributed by atoms with Gasteiger partial charge in [0.15, 0.2) is 0 Å². The van der Waals surface area contributed by atoms with E-state index in [9.17, 15) is 0 Å². The molecule has 1 aromatic carbocycles. The summed E-state index contributed by atoms with van der Waals surface area (Å²) in [6.07, 6.45) is 4.87. The molecule has 0 fully saturated rings. The van der Waals surface area contributed by atoms with Crippen LogP contribution in [0.25, 0.3) is 16.6 Å². The van der Waals surface area contributed by atoms with E-state index in [0.29, 0.717) is 11.5 Å². The van der Waals surface area contributed by atoms with Crippen LogP contribution in [0.2, 0.25) is 0 Å². The zero-order valence-electron chi connectivity index (χ0n) is 9.71. The number of nitrogens with two attached hydrogens (primary N) is 1. The molecule has 0 unspecified atom stereocenters. The van der Waals surface area contributed by atoms with Gasteiger partial charge in [0.1, 0.15) is 6.07 Å². The lowest BCUT2D eigenvalue weighted by atomic mass is 10.1. The first kappa shape index (κ1) is 11.7. The molecule has 2 aromatic heterocycles. The highest BCUT2D eigenvalue weighted by Crippen LogP contribution is 2.29. The van der Waals surface area contributed by atoms with E-state index in [1.807, 2.05) is 24.3 Å². The maximum absolute atomic E-state index is 9.09. The highest BCUT2D eigenvalue weighted by atomic mass is 79.9. The van der Waals surface area contributed by atoms with Crippen LogP contribution in [0.15, 0.2) is 41.3 Å². The lowest BCUT2D eigenvalue weighted by Crippen LogP contribution is -2.03. The van der Waals surface area contributed by atoms with E-state index >= 15 is 0 Å². The van der Waals surface area contributed by atoms with E-state index < -0.39 is 0 Å². The lowest BCUT2D eigenvalue weighted by molar-refractivity contribution is 1.03. The van der Waals surface area contributed by atoms with Crippen LogP contribution in [0.4, 0.5) is 5.69 Å². The van der Waals surface area contributed by atoms with Gasteiger partial charge in [0.2, 0.25) is 5.82 Å². The number of imidazole rings is 1. The van der Waals surface area contributed by atoms with Gasteiger partial charge in [-0.25, -0.2) is 4.98 Å². The Bertz CT molecular complexity index is 810. The largest absolute Gasteiger partial charge is 0.396 e. The second kappa shape index (κ2) is 4.37. The molecule has 0 saturated heterocycles. The number of nitriles is 1. The summed E-state index contributed by atoms with van der Waals surface area (Å²) in [5.74, 6) is 0.291. The molecule has 2 heterocycles. The number of halogens is 1. The number of pyridine rings is 1. The van der Waals surface area contributed by atoms with Crippen LogP contribution in [0.3, 0.4) is 0 Å². The Kier molecular flexibility index (Phi) is 2.69. The first-order valence-corrected chi connectivity index (χ1v) is 6.27. The third-order valence-corrected chi connectivity index (χ3v) is 3.30. The van der Waals surface area contributed by atoms with Crippen LogP contribution in [0.5, 0.6) is 0 Å². The molecule has 0 saturated carbocycles. The van der Waals surface area contributed by atoms with Gasteiger partial charge >= 0.3 is 0 Å². The van der Waals surface area contributed by atoms with E-state index in [1.165, 1.54) is 0 Å². The van der Waals surface area contributed by atoms with Gasteiger partial charge in [-0.05, 0) is 18.2 Å². The van der Waals surface area contributed by atoms with Crippen molar-refractivity contribution in [2.24, 2.45) is 0 Å². The molecule has 0 spiro atoms. The van der Waals surface area contributed by atoms with Gasteiger partial charge in [-0.15, -0.1) is 0 Å². The minimum atomic E-state index is 0.291. The molecule has 0 aliphatic rings. The molecule has 6 heteroatoms. The van der Waals surface area contributed by atoms with E-state index in [2.05, 4.69) is 25.9 Å². The quantitative estimate of drug-likeness (QED) is 0.749. The minimum Gasteiger partial charge on any atom is -0.396 e. The number of rotatable bonds is 1. The second-order valence-corrected chi connectivity index (χ2v) is 4.87. The molecule has 3 aromatic rings. The van der Waals surface area contributed by atoms with Crippen molar-refractivity contribution in [1.82, 2.24) is 14.5 Å². The van der Waals surface area contributed by atoms with Crippen LogP contribution >= 0.6 is 15.9 Å². The first-order chi connectivity index (χ1) is 9.20. The molecule has 0 aliphatic heterocycles. The predicted octanol–water partition coefficient (Wildman–Crippen LogP) is 2.64. The fraction of sp³-hybridized carbons (Fsp3) is 0. The summed E-state index contributed by atoms with van der Waals surface area (Å²) in [6, 6.07) is 7.78. The molecule has 5 nitrogen and oxygen atoms in total. The Balaban J connectivity index is 2.43. The summed E-state index contributed by atoms with van der Waals surface area (Å²) in [5.41, 5.74) is 8.05. The van der Waals surface area contributed by atoms with E-state index in [-0.39, 0.29) is 0 Å². The normalized spacial score (nSPS) is 10.5. The second-order valence-electron chi connectivity index (χ2n) is 3.96. The predicted molar refractivity (Wildman–Crippen MR) is 75.7 cm³/mol. The molecule has 2 N–H and O–H groups in total. The highest BCUT2D eigenvalue weighted by Gasteiger charge is 2.12. The average Bonchev–Trinajstić information content (AvgIpc) is 2.86. The van der Waals surface area contributed by atoms with Gasteiger partial charge in [-0.2, -0.15) is 5.26 Å². The summed E-state index contributed by atoms with van der Waals surface area (Å²) in [7, 11) is 0. The monoisotopic (exact) mass is 313 g/mol. The maximum atomic E-state index is 9.09. The van der Waals surface area contributed by atoms with Crippen LogP contribution in [-0.4, -0.2) is 14.5 Å². The van der Waals surface area contributed by atoms with Crippen molar-refractivity contribution < 1.29 is 0 Å². The number of nitrogens with zero attached hydrogens (tertiary/aromatic N) is 4. The third-order valence-electron chi connectivity index (χ3n) is 2.81. The zero-order chi connectivity index (χ0) is 13.4. The molecule has 19 heavy (non-hydrogen) atoms. The summed E-state index contributed by atoms with van der Waals surface area (Å²) >= 11 is 3.43. The SMILES string of the molecule is N#Cc1nccn1-c1c(N)cnc2ccc(Br)cc12. The van der Waals surface area contributed by atoms with Crippen molar-refractivity contribution in [2.45, 2.75) is 0 Å². The number of benzene rings is 1. The fourth-order valence-electron chi connectivity index (χ4n) is 2.00. The number of hydrogen-bond donors (Lipinski definition) is 1. The van der Waals surface area contributed by atoms with Crippen LogP contribution in [-0.2, 0) is 0 Å². The molecular formula is C13H8BrN5. The Labute approximate surface area is 117 Å². The standard InChI is InChI=1S/C13H8BrN5/c14-8-1-2-11-9(5-8)13(10(16)7-18-11)19-4-3-17-12(19)6-15/h1-5,7H,16H2. The van der Waals surface area contributed by atoms with Gasteiger partial charge < -0.3 is 5.73 Å². The van der Waals surface area contributed by atoms with Crippen LogP contribution < -0.4 is 5.73 Å². The van der Waals surface area contributed by atoms with Crippen molar-refractivity contribution in [3.63, 3.8) is 0 Å². The summed E-state index contributed by atoms with van der Waals surface area (Å²) in [5, 5.41) is 9.95. The van der Waals surface area contributed by atoms with Crippen molar-refractivity contribution in [1.29, 1.82) is 5.26 Å². The smallest absolute Gasteiger partial charge is 0.217 e.